The maximum absolute atomic E-state index is 13.9. The number of carbonyl (C=O) groups excluding carboxylic acids is 1. The first-order valence-corrected chi connectivity index (χ1v) is 15.1. The number of carbonyl (C=O) groups is 1. The van der Waals surface area contributed by atoms with Gasteiger partial charge in [-0.15, -0.1) is 0 Å². The Bertz CT molecular complexity index is 1310. The highest BCUT2D eigenvalue weighted by Gasteiger charge is 2.51. The second-order valence-electron chi connectivity index (χ2n) is 13.7. The van der Waals surface area contributed by atoms with Crippen LogP contribution < -0.4 is 11.0 Å². The number of piperazine rings is 1. The molecule has 0 N–H and O–H groups in total. The van der Waals surface area contributed by atoms with Crippen molar-refractivity contribution in [2.75, 3.05) is 13.1 Å². The molecule has 0 spiro atoms. The summed E-state index contributed by atoms with van der Waals surface area (Å²) in [7, 11) is -0.546. The van der Waals surface area contributed by atoms with Crippen molar-refractivity contribution in [3.05, 3.63) is 34.4 Å². The molecule has 2 aliphatic heterocycles. The van der Waals surface area contributed by atoms with Crippen molar-refractivity contribution < 1.29 is 18.8 Å². The van der Waals surface area contributed by atoms with Crippen LogP contribution in [0.3, 0.4) is 0 Å². The van der Waals surface area contributed by atoms with Gasteiger partial charge in [0.05, 0.1) is 28.1 Å². The topological polar surface area (TPSA) is 86.1 Å². The van der Waals surface area contributed by atoms with Crippen molar-refractivity contribution in [2.24, 2.45) is 0 Å². The maximum Gasteiger partial charge on any atom is 0.494 e. The molecule has 1 aromatic heterocycles. The van der Waals surface area contributed by atoms with Crippen molar-refractivity contribution in [3.63, 3.8) is 0 Å². The van der Waals surface area contributed by atoms with Crippen LogP contribution in [-0.2, 0) is 20.6 Å². The molecule has 1 amide bonds. The van der Waals surface area contributed by atoms with E-state index in [1.807, 2.05) is 83.1 Å². The summed E-state index contributed by atoms with van der Waals surface area (Å²) in [6.45, 7) is 23.9. The minimum Gasteiger partial charge on any atom is -0.444 e. The molecule has 10 heteroatoms. The van der Waals surface area contributed by atoms with Crippen LogP contribution in [0.15, 0.2) is 23.0 Å². The number of hydrogen-bond donors (Lipinski definition) is 0. The molecule has 2 saturated heterocycles. The van der Waals surface area contributed by atoms with Gasteiger partial charge in [-0.2, -0.15) is 0 Å². The summed E-state index contributed by atoms with van der Waals surface area (Å²) in [5.41, 5.74) is -0.0463. The van der Waals surface area contributed by atoms with Crippen LogP contribution in [0.25, 0.3) is 10.9 Å². The molecule has 0 aliphatic carbocycles. The summed E-state index contributed by atoms with van der Waals surface area (Å²) < 4.78 is 20.0. The predicted molar refractivity (Wildman–Crippen MR) is 164 cm³/mol. The molecule has 1 aromatic carbocycles. The summed E-state index contributed by atoms with van der Waals surface area (Å²) >= 11 is 0. The second kappa shape index (κ2) is 11.3. The van der Waals surface area contributed by atoms with Crippen molar-refractivity contribution >= 4 is 29.6 Å². The van der Waals surface area contributed by atoms with E-state index in [1.165, 1.54) is 0 Å². The Morgan fingerprint density at radius 2 is 1.68 bits per heavy atom. The Hall–Kier alpha value is -2.43. The van der Waals surface area contributed by atoms with E-state index in [4.69, 9.17) is 19.0 Å². The van der Waals surface area contributed by atoms with Gasteiger partial charge in [0, 0.05) is 31.7 Å². The zero-order valence-electron chi connectivity index (χ0n) is 26.9. The van der Waals surface area contributed by atoms with Crippen LogP contribution in [0.4, 0.5) is 4.79 Å². The number of ether oxygens (including phenoxy) is 1. The monoisotopic (exact) mass is 568 g/mol. The number of aromatic nitrogens is 2. The lowest BCUT2D eigenvalue weighted by Crippen LogP contribution is -2.60. The molecule has 2 aliphatic rings. The van der Waals surface area contributed by atoms with Crippen molar-refractivity contribution in [1.29, 1.82) is 0 Å². The lowest BCUT2D eigenvalue weighted by atomic mass is 9.78. The minimum atomic E-state index is -0.549. The molecule has 0 bridgehead atoms. The first kappa shape index (κ1) is 31.5. The van der Waals surface area contributed by atoms with E-state index in [2.05, 4.69) is 25.7 Å². The summed E-state index contributed by atoms with van der Waals surface area (Å²) in [6, 6.07) is 5.60. The molecule has 3 heterocycles. The highest BCUT2D eigenvalue weighted by Crippen LogP contribution is 2.37. The third-order valence-electron chi connectivity index (χ3n) is 8.70. The van der Waals surface area contributed by atoms with Crippen molar-refractivity contribution in [2.45, 2.75) is 130 Å². The average molecular weight is 569 g/mol. The fourth-order valence-electron chi connectivity index (χ4n) is 5.98. The minimum absolute atomic E-state index is 0.0438. The van der Waals surface area contributed by atoms with E-state index < -0.39 is 23.9 Å². The molecule has 226 valence electrons. The summed E-state index contributed by atoms with van der Waals surface area (Å²) in [6.07, 6.45) is 1.52. The largest absolute Gasteiger partial charge is 0.494 e. The van der Waals surface area contributed by atoms with Gasteiger partial charge in [-0.25, -0.2) is 9.78 Å². The highest BCUT2D eigenvalue weighted by molar-refractivity contribution is 6.62. The maximum atomic E-state index is 13.9. The molecule has 2 aromatic rings. The third-order valence-corrected chi connectivity index (χ3v) is 8.70. The zero-order valence-corrected chi connectivity index (χ0v) is 26.9. The molecule has 2 fully saturated rings. The van der Waals surface area contributed by atoms with Crippen LogP contribution >= 0.6 is 0 Å². The number of amides is 1. The van der Waals surface area contributed by atoms with Gasteiger partial charge < -0.3 is 18.9 Å². The molecule has 3 atom stereocenters. The van der Waals surface area contributed by atoms with Gasteiger partial charge in [-0.05, 0) is 93.3 Å². The quantitative estimate of drug-likeness (QED) is 0.459. The van der Waals surface area contributed by atoms with Crippen LogP contribution in [-0.4, -0.2) is 74.5 Å². The smallest absolute Gasteiger partial charge is 0.444 e. The first-order valence-electron chi connectivity index (χ1n) is 15.1. The lowest BCUT2D eigenvalue weighted by molar-refractivity contribution is -0.0247. The SMILES string of the molecule is CCC[C@H](c1nc2ccc(B3OC(C)(C)C(C)(C)O3)cc2c(=O)n1CC)N1C[C@@H](C)N(C(=O)OC(C)(C)C)[C@@H](C)C1. The van der Waals surface area contributed by atoms with E-state index in [-0.39, 0.29) is 29.8 Å². The van der Waals surface area contributed by atoms with Gasteiger partial charge in [0.25, 0.3) is 5.56 Å². The molecule has 4 rings (SSSR count). The van der Waals surface area contributed by atoms with Gasteiger partial charge in [0.15, 0.2) is 0 Å². The average Bonchev–Trinajstić information content (AvgIpc) is 3.07. The molecule has 0 radical (unpaired) electrons. The summed E-state index contributed by atoms with van der Waals surface area (Å²) in [5, 5.41) is 0.564. The fourth-order valence-corrected chi connectivity index (χ4v) is 5.98. The van der Waals surface area contributed by atoms with E-state index in [0.29, 0.717) is 30.5 Å². The fraction of sp³-hybridized carbons (Fsp3) is 0.710. The Morgan fingerprint density at radius 3 is 2.20 bits per heavy atom. The van der Waals surface area contributed by atoms with Crippen LogP contribution in [0.5, 0.6) is 0 Å². The van der Waals surface area contributed by atoms with Gasteiger partial charge >= 0.3 is 13.2 Å². The second-order valence-corrected chi connectivity index (χ2v) is 13.7. The van der Waals surface area contributed by atoms with E-state index in [0.717, 1.165) is 24.1 Å². The van der Waals surface area contributed by atoms with E-state index >= 15 is 0 Å². The Labute approximate surface area is 245 Å². The first-order chi connectivity index (χ1) is 19.0. The molecule has 0 unspecified atom stereocenters. The van der Waals surface area contributed by atoms with Gasteiger partial charge in [0.2, 0.25) is 0 Å². The number of nitrogens with zero attached hydrogens (tertiary/aromatic N) is 4. The van der Waals surface area contributed by atoms with Crippen molar-refractivity contribution in [1.82, 2.24) is 19.4 Å². The summed E-state index contributed by atoms with van der Waals surface area (Å²) in [5.74, 6) is 0.778. The Balaban J connectivity index is 1.68. The molecule has 0 saturated carbocycles. The van der Waals surface area contributed by atoms with E-state index in [1.54, 1.807) is 0 Å². The lowest BCUT2D eigenvalue weighted by Gasteiger charge is -2.47. The third kappa shape index (κ3) is 6.20. The Kier molecular flexibility index (Phi) is 8.72. The molecular formula is C31H49BN4O5. The number of benzene rings is 1. The Morgan fingerprint density at radius 1 is 1.10 bits per heavy atom. The number of hydrogen-bond acceptors (Lipinski definition) is 7. The van der Waals surface area contributed by atoms with Crippen LogP contribution in [0.1, 0.15) is 101 Å². The zero-order chi connectivity index (χ0) is 30.5. The molecule has 41 heavy (non-hydrogen) atoms. The van der Waals surface area contributed by atoms with Crippen LogP contribution in [0.2, 0.25) is 0 Å². The number of rotatable bonds is 6. The van der Waals surface area contributed by atoms with Gasteiger partial charge in [-0.3, -0.25) is 14.3 Å². The normalized spacial score (nSPS) is 23.7. The molecule has 9 nitrogen and oxygen atoms in total. The predicted octanol–water partition coefficient (Wildman–Crippen LogP) is 4.89. The summed E-state index contributed by atoms with van der Waals surface area (Å²) in [4.78, 5) is 36.3. The van der Waals surface area contributed by atoms with Crippen LogP contribution in [0, 0.1) is 0 Å². The van der Waals surface area contributed by atoms with E-state index in [9.17, 15) is 9.59 Å². The molecular weight excluding hydrogens is 519 g/mol. The number of fused-ring (bicyclic) bond motifs is 1. The van der Waals surface area contributed by atoms with Gasteiger partial charge in [0.1, 0.15) is 11.4 Å². The highest BCUT2D eigenvalue weighted by atomic mass is 16.7. The van der Waals surface area contributed by atoms with Gasteiger partial charge in [-0.1, -0.05) is 19.4 Å². The standard InChI is InChI=1S/C31H49BN4O5/c1-12-14-25(34-18-20(3)36(21(4)19-34)28(38)39-29(5,6)7)26-33-24-16-15-22(17-23(24)27(37)35(26)13-2)32-40-30(8,9)31(10,11)41-32/h15-17,20-21,25H,12-14,18-19H2,1-11H3/t20-,21+,25-/m1/s1. The van der Waals surface area contributed by atoms with Crippen molar-refractivity contribution in [3.8, 4) is 0 Å².